The average Bonchev–Trinajstić information content (AvgIpc) is 2.63. The van der Waals surface area contributed by atoms with E-state index in [0.29, 0.717) is 0 Å². The Balaban J connectivity index is 1.80. The lowest BCUT2D eigenvalue weighted by Gasteiger charge is -2.11. The molecule has 0 aromatic rings. The van der Waals surface area contributed by atoms with Crippen molar-refractivity contribution in [2.24, 2.45) is 0 Å². The van der Waals surface area contributed by atoms with Gasteiger partial charge in [-0.25, -0.2) is 0 Å². The highest BCUT2D eigenvalue weighted by atomic mass is 16.5. The van der Waals surface area contributed by atoms with Crippen molar-refractivity contribution in [1.29, 1.82) is 0 Å². The predicted molar refractivity (Wildman–Crippen MR) is 55.9 cm³/mol. The van der Waals surface area contributed by atoms with E-state index in [-0.39, 0.29) is 0 Å². The lowest BCUT2D eigenvalue weighted by atomic mass is 10.2. The van der Waals surface area contributed by atoms with E-state index in [0.717, 1.165) is 32.2 Å². The number of hydrogen-bond acceptors (Lipinski definition) is 2. The number of hydrogen-bond donors (Lipinski definition) is 1. The van der Waals surface area contributed by atoms with Crippen molar-refractivity contribution in [2.45, 2.75) is 38.1 Å². The van der Waals surface area contributed by atoms with Crippen molar-refractivity contribution in [3.63, 3.8) is 0 Å². The Bertz CT molecular complexity index is 130. The second-order valence-corrected chi connectivity index (χ2v) is 3.63. The highest BCUT2D eigenvalue weighted by Gasteiger charge is 2.12. The molecule has 1 N–H and O–H groups in total. The zero-order chi connectivity index (χ0) is 9.36. The van der Waals surface area contributed by atoms with Gasteiger partial charge >= 0.3 is 0 Å². The fourth-order valence-electron chi connectivity index (χ4n) is 1.73. The van der Waals surface area contributed by atoms with E-state index >= 15 is 0 Å². The molecular formula is C11H21NO. The molecule has 1 aliphatic rings. The molecule has 0 spiro atoms. The molecule has 1 rings (SSSR count). The zero-order valence-electron chi connectivity index (χ0n) is 8.43. The maximum atomic E-state index is 5.40. The summed E-state index contributed by atoms with van der Waals surface area (Å²) >= 11 is 0. The standard InChI is InChI=1S/C11H21NO/c1-2-3-9-13-10-8-12-11-6-4-5-7-11/h2,11-12H,1,3-10H2. The van der Waals surface area contributed by atoms with Gasteiger partial charge in [-0.15, -0.1) is 6.58 Å². The molecule has 1 aliphatic carbocycles. The molecule has 2 heteroatoms. The fraction of sp³-hybridized carbons (Fsp3) is 0.818. The minimum Gasteiger partial charge on any atom is -0.380 e. The summed E-state index contributed by atoms with van der Waals surface area (Å²) in [6, 6.07) is 0.767. The van der Waals surface area contributed by atoms with E-state index in [1.54, 1.807) is 0 Å². The lowest BCUT2D eigenvalue weighted by molar-refractivity contribution is 0.138. The summed E-state index contributed by atoms with van der Waals surface area (Å²) in [7, 11) is 0. The van der Waals surface area contributed by atoms with Crippen molar-refractivity contribution in [1.82, 2.24) is 5.32 Å². The summed E-state index contributed by atoms with van der Waals surface area (Å²) < 4.78 is 5.40. The molecule has 1 saturated carbocycles. The van der Waals surface area contributed by atoms with Crippen LogP contribution in [0.1, 0.15) is 32.1 Å². The first-order chi connectivity index (χ1) is 6.43. The molecule has 0 saturated heterocycles. The van der Waals surface area contributed by atoms with Crippen LogP contribution in [0, 0.1) is 0 Å². The molecule has 1 fully saturated rings. The summed E-state index contributed by atoms with van der Waals surface area (Å²) in [5, 5.41) is 3.51. The molecule has 0 radical (unpaired) electrons. The van der Waals surface area contributed by atoms with Gasteiger partial charge in [-0.1, -0.05) is 18.9 Å². The van der Waals surface area contributed by atoms with Gasteiger partial charge in [0.15, 0.2) is 0 Å². The molecule has 0 aliphatic heterocycles. The molecule has 13 heavy (non-hydrogen) atoms. The summed E-state index contributed by atoms with van der Waals surface area (Å²) in [5.41, 5.74) is 0. The van der Waals surface area contributed by atoms with Gasteiger partial charge in [0.25, 0.3) is 0 Å². The zero-order valence-corrected chi connectivity index (χ0v) is 8.43. The Morgan fingerprint density at radius 1 is 1.31 bits per heavy atom. The van der Waals surface area contributed by atoms with Gasteiger partial charge in [0, 0.05) is 12.6 Å². The molecule has 0 heterocycles. The molecule has 0 aromatic carbocycles. The van der Waals surface area contributed by atoms with Crippen molar-refractivity contribution >= 4 is 0 Å². The number of ether oxygens (including phenoxy) is 1. The first-order valence-electron chi connectivity index (χ1n) is 5.35. The van der Waals surface area contributed by atoms with Crippen LogP contribution in [0.15, 0.2) is 12.7 Å². The lowest BCUT2D eigenvalue weighted by Crippen LogP contribution is -2.29. The van der Waals surface area contributed by atoms with Gasteiger partial charge in [0.05, 0.1) is 13.2 Å². The molecule has 0 amide bonds. The highest BCUT2D eigenvalue weighted by Crippen LogP contribution is 2.17. The fourth-order valence-corrected chi connectivity index (χ4v) is 1.73. The topological polar surface area (TPSA) is 21.3 Å². The molecule has 76 valence electrons. The third-order valence-corrected chi connectivity index (χ3v) is 2.50. The normalized spacial score (nSPS) is 17.8. The third-order valence-electron chi connectivity index (χ3n) is 2.50. The molecule has 2 nitrogen and oxygen atoms in total. The quantitative estimate of drug-likeness (QED) is 0.482. The van der Waals surface area contributed by atoms with Crippen LogP contribution in [0.3, 0.4) is 0 Å². The van der Waals surface area contributed by atoms with Crippen LogP contribution >= 0.6 is 0 Å². The van der Waals surface area contributed by atoms with Crippen LogP contribution in [0.25, 0.3) is 0 Å². The summed E-state index contributed by atoms with van der Waals surface area (Å²) in [6.45, 7) is 6.30. The van der Waals surface area contributed by atoms with Crippen molar-refractivity contribution in [3.05, 3.63) is 12.7 Å². The summed E-state index contributed by atoms with van der Waals surface area (Å²) in [5.74, 6) is 0. The third kappa shape index (κ3) is 5.06. The predicted octanol–water partition coefficient (Wildman–Crippen LogP) is 2.11. The Morgan fingerprint density at radius 3 is 2.77 bits per heavy atom. The molecule has 0 atom stereocenters. The van der Waals surface area contributed by atoms with Gasteiger partial charge in [0.2, 0.25) is 0 Å². The van der Waals surface area contributed by atoms with Crippen LogP contribution in [0.5, 0.6) is 0 Å². The van der Waals surface area contributed by atoms with Gasteiger partial charge in [-0.05, 0) is 19.3 Å². The minimum atomic E-state index is 0.767. The van der Waals surface area contributed by atoms with Crippen LogP contribution in [0.2, 0.25) is 0 Å². The Kier molecular flexibility index (Phi) is 5.87. The largest absolute Gasteiger partial charge is 0.380 e. The van der Waals surface area contributed by atoms with Crippen molar-refractivity contribution < 1.29 is 4.74 Å². The number of rotatable bonds is 7. The smallest absolute Gasteiger partial charge is 0.0591 e. The van der Waals surface area contributed by atoms with E-state index in [4.69, 9.17) is 4.74 Å². The summed E-state index contributed by atoms with van der Waals surface area (Å²) in [6.07, 6.45) is 8.36. The number of nitrogens with one attached hydrogen (secondary N) is 1. The minimum absolute atomic E-state index is 0.767. The van der Waals surface area contributed by atoms with Gasteiger partial charge in [-0.3, -0.25) is 0 Å². The first-order valence-corrected chi connectivity index (χ1v) is 5.35. The van der Waals surface area contributed by atoms with Crippen molar-refractivity contribution in [2.75, 3.05) is 19.8 Å². The van der Waals surface area contributed by atoms with Crippen molar-refractivity contribution in [3.8, 4) is 0 Å². The van der Waals surface area contributed by atoms with Crippen LogP contribution in [-0.2, 0) is 4.74 Å². The van der Waals surface area contributed by atoms with Gasteiger partial charge < -0.3 is 10.1 Å². The Hall–Kier alpha value is -0.340. The maximum Gasteiger partial charge on any atom is 0.0591 e. The summed E-state index contributed by atoms with van der Waals surface area (Å²) in [4.78, 5) is 0. The second kappa shape index (κ2) is 7.10. The molecule has 0 unspecified atom stereocenters. The molecule has 0 aromatic heterocycles. The molecular weight excluding hydrogens is 162 g/mol. The maximum absolute atomic E-state index is 5.40. The first kappa shape index (κ1) is 10.7. The van der Waals surface area contributed by atoms with Gasteiger partial charge in [-0.2, -0.15) is 0 Å². The van der Waals surface area contributed by atoms with E-state index in [1.807, 2.05) is 6.08 Å². The average molecular weight is 183 g/mol. The Labute approximate surface area is 81.4 Å². The highest BCUT2D eigenvalue weighted by molar-refractivity contribution is 4.73. The van der Waals surface area contributed by atoms with E-state index in [9.17, 15) is 0 Å². The van der Waals surface area contributed by atoms with Crippen LogP contribution in [0.4, 0.5) is 0 Å². The van der Waals surface area contributed by atoms with E-state index < -0.39 is 0 Å². The van der Waals surface area contributed by atoms with E-state index in [1.165, 1.54) is 25.7 Å². The Morgan fingerprint density at radius 2 is 2.08 bits per heavy atom. The van der Waals surface area contributed by atoms with E-state index in [2.05, 4.69) is 11.9 Å². The van der Waals surface area contributed by atoms with Gasteiger partial charge in [0.1, 0.15) is 0 Å². The van der Waals surface area contributed by atoms with Crippen LogP contribution in [-0.4, -0.2) is 25.8 Å². The SMILES string of the molecule is C=CCCOCCNC1CCCC1. The second-order valence-electron chi connectivity index (χ2n) is 3.63. The van der Waals surface area contributed by atoms with Crippen LogP contribution < -0.4 is 5.32 Å². The monoisotopic (exact) mass is 183 g/mol. The molecule has 0 bridgehead atoms.